The molecule has 1 fully saturated rings. The maximum atomic E-state index is 6.17. The van der Waals surface area contributed by atoms with E-state index in [-0.39, 0.29) is 0 Å². The molecule has 7 heteroatoms. The van der Waals surface area contributed by atoms with E-state index in [9.17, 15) is 0 Å². The van der Waals surface area contributed by atoms with Gasteiger partial charge in [0.15, 0.2) is 5.11 Å². The van der Waals surface area contributed by atoms with Crippen molar-refractivity contribution in [2.24, 2.45) is 0 Å². The minimum atomic E-state index is 0.461. The van der Waals surface area contributed by atoms with Crippen molar-refractivity contribution in [1.82, 2.24) is 10.3 Å². The zero-order valence-electron chi connectivity index (χ0n) is 13.1. The van der Waals surface area contributed by atoms with Gasteiger partial charge in [-0.05, 0) is 43.3 Å². The van der Waals surface area contributed by atoms with Crippen LogP contribution in [0, 0.1) is 0 Å². The molecule has 1 aliphatic heterocycles. The van der Waals surface area contributed by atoms with E-state index < -0.39 is 0 Å². The van der Waals surface area contributed by atoms with Crippen molar-refractivity contribution in [1.29, 1.82) is 0 Å². The van der Waals surface area contributed by atoms with Gasteiger partial charge in [0.25, 0.3) is 0 Å². The number of hydrogen-bond acceptors (Lipinski definition) is 3. The van der Waals surface area contributed by atoms with E-state index in [0.29, 0.717) is 27.4 Å². The molecule has 1 aliphatic rings. The zero-order chi connectivity index (χ0) is 16.9. The average molecular weight is 381 g/mol. The van der Waals surface area contributed by atoms with Crippen LogP contribution in [0.4, 0.5) is 11.5 Å². The quantitative estimate of drug-likeness (QED) is 0.765. The second-order valence-corrected chi connectivity index (χ2v) is 6.78. The number of thiocarbonyl (C=S) groups is 1. The predicted octanol–water partition coefficient (Wildman–Crippen LogP) is 4.48. The summed E-state index contributed by atoms with van der Waals surface area (Å²) in [6, 6.07) is 9.42. The van der Waals surface area contributed by atoms with Crippen molar-refractivity contribution in [3.63, 3.8) is 0 Å². The molecule has 0 bridgehead atoms. The van der Waals surface area contributed by atoms with Crippen LogP contribution in [0.3, 0.4) is 0 Å². The van der Waals surface area contributed by atoms with Gasteiger partial charge in [-0.15, -0.1) is 0 Å². The first-order valence-electron chi connectivity index (χ1n) is 7.83. The van der Waals surface area contributed by atoms with Gasteiger partial charge in [-0.25, -0.2) is 4.98 Å². The van der Waals surface area contributed by atoms with Gasteiger partial charge in [0, 0.05) is 31.4 Å². The standard InChI is InChI=1S/C17H18Cl2N4S/c18-13-6-3-7-14(15(13)19)22-17(24)21-11-12-5-4-8-20-16(12)23-9-1-2-10-23/h3-8H,1-2,9-11H2,(H2,21,22,24). The molecule has 0 saturated carbocycles. The Morgan fingerprint density at radius 3 is 2.75 bits per heavy atom. The lowest BCUT2D eigenvalue weighted by atomic mass is 10.2. The highest BCUT2D eigenvalue weighted by Gasteiger charge is 2.16. The van der Waals surface area contributed by atoms with E-state index in [1.165, 1.54) is 12.8 Å². The van der Waals surface area contributed by atoms with Gasteiger partial charge in [0.2, 0.25) is 0 Å². The van der Waals surface area contributed by atoms with Crippen molar-refractivity contribution in [2.75, 3.05) is 23.3 Å². The SMILES string of the molecule is S=C(NCc1cccnc1N1CCCC1)Nc1cccc(Cl)c1Cl. The Kier molecular flexibility index (Phi) is 5.76. The van der Waals surface area contributed by atoms with Crippen LogP contribution in [0.2, 0.25) is 10.0 Å². The summed E-state index contributed by atoms with van der Waals surface area (Å²) in [6.07, 6.45) is 4.27. The number of anilines is 2. The van der Waals surface area contributed by atoms with E-state index >= 15 is 0 Å². The first-order chi connectivity index (χ1) is 11.6. The third-order valence-electron chi connectivity index (χ3n) is 3.91. The molecule has 0 unspecified atom stereocenters. The van der Waals surface area contributed by atoms with Gasteiger partial charge in [-0.2, -0.15) is 0 Å². The molecular weight excluding hydrogens is 363 g/mol. The molecule has 1 aromatic heterocycles. The number of benzene rings is 1. The second-order valence-electron chi connectivity index (χ2n) is 5.59. The molecule has 2 heterocycles. The van der Waals surface area contributed by atoms with Gasteiger partial charge >= 0.3 is 0 Å². The molecule has 4 nitrogen and oxygen atoms in total. The molecular formula is C17H18Cl2N4S. The maximum absolute atomic E-state index is 6.17. The number of hydrogen-bond donors (Lipinski definition) is 2. The topological polar surface area (TPSA) is 40.2 Å². The normalized spacial score (nSPS) is 13.8. The lowest BCUT2D eigenvalue weighted by molar-refractivity contribution is 0.870. The molecule has 2 N–H and O–H groups in total. The summed E-state index contributed by atoms with van der Waals surface area (Å²) >= 11 is 17.5. The van der Waals surface area contributed by atoms with Crippen molar-refractivity contribution < 1.29 is 0 Å². The summed E-state index contributed by atoms with van der Waals surface area (Å²) in [5.41, 5.74) is 1.81. The fraction of sp³-hybridized carbons (Fsp3) is 0.294. The number of halogens is 2. The molecule has 24 heavy (non-hydrogen) atoms. The first-order valence-corrected chi connectivity index (χ1v) is 8.99. The Hall–Kier alpha value is -1.56. The fourth-order valence-electron chi connectivity index (χ4n) is 2.72. The Morgan fingerprint density at radius 2 is 1.96 bits per heavy atom. The predicted molar refractivity (Wildman–Crippen MR) is 105 cm³/mol. The van der Waals surface area contributed by atoms with Crippen LogP contribution < -0.4 is 15.5 Å². The fourth-order valence-corrected chi connectivity index (χ4v) is 3.25. The van der Waals surface area contributed by atoms with Gasteiger partial charge in [-0.1, -0.05) is 35.3 Å². The van der Waals surface area contributed by atoms with Crippen LogP contribution in [0.15, 0.2) is 36.5 Å². The molecule has 2 aromatic rings. The van der Waals surface area contributed by atoms with E-state index in [2.05, 4.69) is 26.6 Å². The smallest absolute Gasteiger partial charge is 0.171 e. The largest absolute Gasteiger partial charge is 0.358 e. The van der Waals surface area contributed by atoms with Crippen molar-refractivity contribution >= 4 is 52.0 Å². The number of nitrogens with zero attached hydrogens (tertiary/aromatic N) is 2. The molecule has 0 atom stereocenters. The molecule has 0 aliphatic carbocycles. The first kappa shape index (κ1) is 17.3. The van der Waals surface area contributed by atoms with E-state index in [1.54, 1.807) is 6.07 Å². The van der Waals surface area contributed by atoms with Crippen LogP contribution in [0.1, 0.15) is 18.4 Å². The molecule has 0 amide bonds. The van der Waals surface area contributed by atoms with E-state index in [1.807, 2.05) is 24.4 Å². The third-order valence-corrected chi connectivity index (χ3v) is 4.98. The van der Waals surface area contributed by atoms with E-state index in [0.717, 1.165) is 24.5 Å². The van der Waals surface area contributed by atoms with Crippen molar-refractivity contribution in [3.8, 4) is 0 Å². The molecule has 0 spiro atoms. The Bertz CT molecular complexity index is 732. The van der Waals surface area contributed by atoms with Gasteiger partial charge in [0.1, 0.15) is 5.82 Å². The highest BCUT2D eigenvalue weighted by molar-refractivity contribution is 7.80. The Balaban J connectivity index is 1.63. The van der Waals surface area contributed by atoms with Gasteiger partial charge in [0.05, 0.1) is 15.7 Å². The second kappa shape index (κ2) is 8.01. The van der Waals surface area contributed by atoms with Crippen LogP contribution in [-0.4, -0.2) is 23.2 Å². The minimum absolute atomic E-state index is 0.461. The number of nitrogens with one attached hydrogen (secondary N) is 2. The summed E-state index contributed by atoms with van der Waals surface area (Å²) in [5.74, 6) is 1.03. The monoisotopic (exact) mass is 380 g/mol. The summed E-state index contributed by atoms with van der Waals surface area (Å²) in [5, 5.41) is 7.74. The van der Waals surface area contributed by atoms with Crippen LogP contribution in [0.25, 0.3) is 0 Å². The molecule has 1 saturated heterocycles. The van der Waals surface area contributed by atoms with E-state index in [4.69, 9.17) is 35.4 Å². The highest BCUT2D eigenvalue weighted by atomic mass is 35.5. The molecule has 126 valence electrons. The maximum Gasteiger partial charge on any atom is 0.171 e. The van der Waals surface area contributed by atoms with Crippen molar-refractivity contribution in [3.05, 3.63) is 52.1 Å². The van der Waals surface area contributed by atoms with Crippen LogP contribution >= 0.6 is 35.4 Å². The van der Waals surface area contributed by atoms with Crippen LogP contribution in [0.5, 0.6) is 0 Å². The lowest BCUT2D eigenvalue weighted by Gasteiger charge is -2.20. The van der Waals surface area contributed by atoms with Gasteiger partial charge in [-0.3, -0.25) is 0 Å². The average Bonchev–Trinajstić information content (AvgIpc) is 3.12. The lowest BCUT2D eigenvalue weighted by Crippen LogP contribution is -2.29. The summed E-state index contributed by atoms with van der Waals surface area (Å²) in [6.45, 7) is 2.72. The Morgan fingerprint density at radius 1 is 1.17 bits per heavy atom. The number of pyridine rings is 1. The molecule has 3 rings (SSSR count). The summed E-state index contributed by atoms with van der Waals surface area (Å²) in [7, 11) is 0. The number of aromatic nitrogens is 1. The minimum Gasteiger partial charge on any atom is -0.358 e. The summed E-state index contributed by atoms with van der Waals surface area (Å²) < 4.78 is 0. The van der Waals surface area contributed by atoms with Crippen LogP contribution in [-0.2, 0) is 6.54 Å². The summed E-state index contributed by atoms with van der Waals surface area (Å²) in [4.78, 5) is 6.85. The highest BCUT2D eigenvalue weighted by Crippen LogP contribution is 2.29. The molecule has 1 aromatic carbocycles. The zero-order valence-corrected chi connectivity index (χ0v) is 15.4. The number of rotatable bonds is 4. The van der Waals surface area contributed by atoms with Crippen molar-refractivity contribution in [2.45, 2.75) is 19.4 Å². The third kappa shape index (κ3) is 4.09. The molecule has 0 radical (unpaired) electrons. The Labute approximate surface area is 157 Å². The van der Waals surface area contributed by atoms with Gasteiger partial charge < -0.3 is 15.5 Å².